The smallest absolute Gasteiger partial charge is 0.0578 e. The first-order valence-corrected chi connectivity index (χ1v) is 5.67. The molecule has 82 valence electrons. The zero-order valence-electron chi connectivity index (χ0n) is 9.80. The summed E-state index contributed by atoms with van der Waals surface area (Å²) >= 11 is 0. The van der Waals surface area contributed by atoms with Crippen LogP contribution >= 0.6 is 0 Å². The molecule has 0 bridgehead atoms. The summed E-state index contributed by atoms with van der Waals surface area (Å²) < 4.78 is 0. The molecule has 0 fully saturated rings. The molecule has 0 aromatic heterocycles. The van der Waals surface area contributed by atoms with E-state index in [0.29, 0.717) is 11.5 Å². The normalized spacial score (nSPS) is 20.9. The van der Waals surface area contributed by atoms with Gasteiger partial charge in [0.05, 0.1) is 11.4 Å². The van der Waals surface area contributed by atoms with Gasteiger partial charge in [0.25, 0.3) is 0 Å². The maximum Gasteiger partial charge on any atom is 0.0578 e. The highest BCUT2D eigenvalue weighted by Crippen LogP contribution is 2.31. The third kappa shape index (κ3) is 2.25. The molecule has 0 radical (unpaired) electrons. The van der Waals surface area contributed by atoms with Gasteiger partial charge in [0.2, 0.25) is 0 Å². The minimum atomic E-state index is 0.305. The molecule has 0 saturated carbocycles. The van der Waals surface area contributed by atoms with E-state index < -0.39 is 0 Å². The lowest BCUT2D eigenvalue weighted by Gasteiger charge is -2.31. The van der Waals surface area contributed by atoms with Crippen molar-refractivity contribution in [2.24, 2.45) is 5.41 Å². The van der Waals surface area contributed by atoms with Crippen molar-refractivity contribution in [1.29, 1.82) is 0 Å². The summed E-state index contributed by atoms with van der Waals surface area (Å²) in [7, 11) is 0. The van der Waals surface area contributed by atoms with E-state index in [4.69, 9.17) is 0 Å². The Morgan fingerprint density at radius 1 is 1.13 bits per heavy atom. The summed E-state index contributed by atoms with van der Waals surface area (Å²) in [5, 5.41) is 7.10. The van der Waals surface area contributed by atoms with Crippen LogP contribution in [0.3, 0.4) is 0 Å². The fourth-order valence-electron chi connectivity index (χ4n) is 2.02. The monoisotopic (exact) mass is 204 g/mol. The summed E-state index contributed by atoms with van der Waals surface area (Å²) in [6.07, 6.45) is 1.16. The summed E-state index contributed by atoms with van der Waals surface area (Å²) in [6, 6.07) is 8.97. The Balaban J connectivity index is 2.25. The molecule has 0 amide bonds. The molecule has 1 atom stereocenters. The van der Waals surface area contributed by atoms with Gasteiger partial charge in [0.15, 0.2) is 0 Å². The van der Waals surface area contributed by atoms with Gasteiger partial charge in [-0.15, -0.1) is 0 Å². The Labute approximate surface area is 92.1 Å². The van der Waals surface area contributed by atoms with Crippen molar-refractivity contribution in [3.05, 3.63) is 24.3 Å². The lowest BCUT2D eigenvalue weighted by molar-refractivity contribution is 0.332. The molecule has 2 N–H and O–H groups in total. The second kappa shape index (κ2) is 3.76. The van der Waals surface area contributed by atoms with Crippen LogP contribution in [0, 0.1) is 5.41 Å². The molecule has 1 aromatic carbocycles. The van der Waals surface area contributed by atoms with Gasteiger partial charge < -0.3 is 10.6 Å². The maximum atomic E-state index is 3.64. The van der Waals surface area contributed by atoms with Crippen LogP contribution in [0.1, 0.15) is 27.2 Å². The average Bonchev–Trinajstić information content (AvgIpc) is 2.38. The zero-order chi connectivity index (χ0) is 10.9. The van der Waals surface area contributed by atoms with E-state index in [1.807, 2.05) is 0 Å². The molecular formula is C13H20N2. The molecule has 1 aliphatic rings. The number of benzene rings is 1. The Morgan fingerprint density at radius 2 is 1.80 bits per heavy atom. The topological polar surface area (TPSA) is 24.1 Å². The van der Waals surface area contributed by atoms with Gasteiger partial charge in [0, 0.05) is 12.6 Å². The first-order valence-electron chi connectivity index (χ1n) is 5.67. The molecule has 2 nitrogen and oxygen atoms in total. The van der Waals surface area contributed by atoms with E-state index in [-0.39, 0.29) is 0 Å². The van der Waals surface area contributed by atoms with Crippen LogP contribution in [0.5, 0.6) is 0 Å². The second-order valence-electron chi connectivity index (χ2n) is 5.32. The highest BCUT2D eigenvalue weighted by molar-refractivity contribution is 5.69. The Kier molecular flexibility index (Phi) is 2.59. The maximum absolute atomic E-state index is 3.64. The molecule has 1 aromatic rings. The third-order valence-electron chi connectivity index (χ3n) is 3.05. The SMILES string of the molecule is CC(C)(C)C1CCNc2ccccc2N1. The van der Waals surface area contributed by atoms with Crippen LogP contribution in [0.4, 0.5) is 11.4 Å². The molecule has 1 unspecified atom stereocenters. The summed E-state index contributed by atoms with van der Waals surface area (Å²) in [5.74, 6) is 0. The van der Waals surface area contributed by atoms with E-state index in [9.17, 15) is 0 Å². The lowest BCUT2D eigenvalue weighted by Crippen LogP contribution is -2.34. The van der Waals surface area contributed by atoms with E-state index in [1.165, 1.54) is 11.4 Å². The Hall–Kier alpha value is -1.18. The quantitative estimate of drug-likeness (QED) is 0.677. The van der Waals surface area contributed by atoms with Gasteiger partial charge >= 0.3 is 0 Å². The van der Waals surface area contributed by atoms with Crippen molar-refractivity contribution in [2.45, 2.75) is 33.2 Å². The summed E-state index contributed by atoms with van der Waals surface area (Å²) in [6.45, 7) is 7.92. The second-order valence-corrected chi connectivity index (χ2v) is 5.32. The Morgan fingerprint density at radius 3 is 2.47 bits per heavy atom. The lowest BCUT2D eigenvalue weighted by atomic mass is 9.85. The largest absolute Gasteiger partial charge is 0.383 e. The minimum absolute atomic E-state index is 0.305. The van der Waals surface area contributed by atoms with Gasteiger partial charge in [-0.05, 0) is 24.0 Å². The van der Waals surface area contributed by atoms with Crippen molar-refractivity contribution in [3.8, 4) is 0 Å². The number of fused-ring (bicyclic) bond motifs is 1. The van der Waals surface area contributed by atoms with Gasteiger partial charge in [0.1, 0.15) is 0 Å². The number of hydrogen-bond donors (Lipinski definition) is 2. The van der Waals surface area contributed by atoms with Gasteiger partial charge in [-0.3, -0.25) is 0 Å². The Bertz CT molecular complexity index is 339. The molecule has 2 heteroatoms. The average molecular weight is 204 g/mol. The van der Waals surface area contributed by atoms with Crippen molar-refractivity contribution in [2.75, 3.05) is 17.2 Å². The van der Waals surface area contributed by atoms with Gasteiger partial charge in [-0.2, -0.15) is 0 Å². The zero-order valence-corrected chi connectivity index (χ0v) is 9.80. The molecular weight excluding hydrogens is 184 g/mol. The molecule has 0 aliphatic carbocycles. The standard InChI is InChI=1S/C13H20N2/c1-13(2,3)12-8-9-14-10-6-4-5-7-11(10)15-12/h4-7,12,14-15H,8-9H2,1-3H3. The molecule has 1 aliphatic heterocycles. The predicted molar refractivity (Wildman–Crippen MR) is 66.4 cm³/mol. The van der Waals surface area contributed by atoms with Crippen LogP contribution in [0.25, 0.3) is 0 Å². The molecule has 15 heavy (non-hydrogen) atoms. The predicted octanol–water partition coefficient (Wildman–Crippen LogP) is 3.33. The van der Waals surface area contributed by atoms with Crippen molar-refractivity contribution >= 4 is 11.4 Å². The van der Waals surface area contributed by atoms with Gasteiger partial charge in [-0.25, -0.2) is 0 Å². The van der Waals surface area contributed by atoms with Crippen LogP contribution in [0.2, 0.25) is 0 Å². The van der Waals surface area contributed by atoms with Crippen LogP contribution in [-0.4, -0.2) is 12.6 Å². The fourth-order valence-corrected chi connectivity index (χ4v) is 2.02. The third-order valence-corrected chi connectivity index (χ3v) is 3.05. The van der Waals surface area contributed by atoms with Crippen molar-refractivity contribution in [1.82, 2.24) is 0 Å². The van der Waals surface area contributed by atoms with E-state index >= 15 is 0 Å². The minimum Gasteiger partial charge on any atom is -0.383 e. The number of hydrogen-bond acceptors (Lipinski definition) is 2. The number of nitrogens with one attached hydrogen (secondary N) is 2. The number of rotatable bonds is 0. The molecule has 0 saturated heterocycles. The molecule has 1 heterocycles. The molecule has 2 rings (SSSR count). The summed E-state index contributed by atoms with van der Waals surface area (Å²) in [5.41, 5.74) is 2.76. The number of para-hydroxylation sites is 2. The van der Waals surface area contributed by atoms with E-state index in [1.54, 1.807) is 0 Å². The van der Waals surface area contributed by atoms with Crippen LogP contribution in [-0.2, 0) is 0 Å². The van der Waals surface area contributed by atoms with E-state index in [2.05, 4.69) is 55.7 Å². The highest BCUT2D eigenvalue weighted by atomic mass is 15.0. The van der Waals surface area contributed by atoms with Crippen LogP contribution in [0.15, 0.2) is 24.3 Å². The first kappa shape index (κ1) is 10.3. The number of anilines is 2. The molecule has 0 spiro atoms. The van der Waals surface area contributed by atoms with Crippen molar-refractivity contribution in [3.63, 3.8) is 0 Å². The van der Waals surface area contributed by atoms with Gasteiger partial charge in [-0.1, -0.05) is 32.9 Å². The summed E-state index contributed by atoms with van der Waals surface area (Å²) in [4.78, 5) is 0. The fraction of sp³-hybridized carbons (Fsp3) is 0.538. The first-order chi connectivity index (χ1) is 7.07. The van der Waals surface area contributed by atoms with Crippen LogP contribution < -0.4 is 10.6 Å². The highest BCUT2D eigenvalue weighted by Gasteiger charge is 2.26. The van der Waals surface area contributed by atoms with E-state index in [0.717, 1.165) is 13.0 Å². The van der Waals surface area contributed by atoms with Crippen molar-refractivity contribution < 1.29 is 0 Å².